The average molecular weight is 350 g/mol. The molecule has 2 aromatic rings. The van der Waals surface area contributed by atoms with E-state index in [9.17, 15) is 9.59 Å². The Morgan fingerprint density at radius 3 is 2.81 bits per heavy atom. The molecule has 5 heteroatoms. The lowest BCUT2D eigenvalue weighted by atomic mass is 10.2. The molecule has 1 aliphatic carbocycles. The molecule has 1 saturated heterocycles. The van der Waals surface area contributed by atoms with Crippen molar-refractivity contribution in [3.05, 3.63) is 54.0 Å². The van der Waals surface area contributed by atoms with Crippen LogP contribution >= 0.6 is 0 Å². The summed E-state index contributed by atoms with van der Waals surface area (Å²) in [6, 6.07) is 11.3. The summed E-state index contributed by atoms with van der Waals surface area (Å²) in [5.41, 5.74) is 1.39. The van der Waals surface area contributed by atoms with E-state index < -0.39 is 0 Å². The molecule has 0 bridgehead atoms. The van der Waals surface area contributed by atoms with Crippen LogP contribution in [0.15, 0.2) is 46.9 Å². The summed E-state index contributed by atoms with van der Waals surface area (Å²) in [4.78, 5) is 26.0. The molecule has 1 aliphatic heterocycles. The lowest BCUT2D eigenvalue weighted by Crippen LogP contribution is -2.25. The molecule has 1 aromatic heterocycles. The number of nitrogens with one attached hydrogen (secondary N) is 1. The van der Waals surface area contributed by atoms with Crippen molar-refractivity contribution in [3.63, 3.8) is 0 Å². The van der Waals surface area contributed by atoms with Crippen molar-refractivity contribution < 1.29 is 14.0 Å². The summed E-state index contributed by atoms with van der Waals surface area (Å²) in [5.74, 6) is 2.73. The zero-order valence-corrected chi connectivity index (χ0v) is 14.8. The number of carbonyl (C=O) groups is 2. The number of carbonyl (C=O) groups excluding carboxylic acids is 2. The molecule has 2 heterocycles. The van der Waals surface area contributed by atoms with Gasteiger partial charge in [-0.3, -0.25) is 9.59 Å². The average Bonchev–Trinajstić information content (AvgIpc) is 3.01. The highest BCUT2D eigenvalue weighted by Gasteiger charge is 2.36. The van der Waals surface area contributed by atoms with Gasteiger partial charge in [0.2, 0.25) is 11.8 Å². The van der Waals surface area contributed by atoms with Crippen molar-refractivity contribution in [1.82, 2.24) is 0 Å². The highest BCUT2D eigenvalue weighted by Crippen LogP contribution is 2.47. The van der Waals surface area contributed by atoms with Crippen molar-refractivity contribution in [2.45, 2.75) is 32.1 Å². The molecule has 0 radical (unpaired) electrons. The van der Waals surface area contributed by atoms with Gasteiger partial charge in [0, 0.05) is 25.0 Å². The number of hydrogen-bond acceptors (Lipinski definition) is 3. The second-order valence-corrected chi connectivity index (χ2v) is 7.05. The zero-order valence-electron chi connectivity index (χ0n) is 14.8. The van der Waals surface area contributed by atoms with Crippen molar-refractivity contribution in [1.29, 1.82) is 0 Å². The molecule has 26 heavy (non-hydrogen) atoms. The first kappa shape index (κ1) is 16.6. The van der Waals surface area contributed by atoms with Crippen molar-refractivity contribution in [2.24, 2.45) is 5.92 Å². The second-order valence-electron chi connectivity index (χ2n) is 7.05. The molecular formula is C21H22N2O3. The maximum absolute atomic E-state index is 12.3. The van der Waals surface area contributed by atoms with E-state index in [0.717, 1.165) is 17.9 Å². The maximum atomic E-state index is 12.3. The van der Waals surface area contributed by atoms with E-state index in [1.807, 2.05) is 36.4 Å². The third-order valence-electron chi connectivity index (χ3n) is 5.05. The van der Waals surface area contributed by atoms with Gasteiger partial charge in [0.1, 0.15) is 11.5 Å². The fourth-order valence-corrected chi connectivity index (χ4v) is 3.43. The van der Waals surface area contributed by atoms with Gasteiger partial charge in [-0.25, -0.2) is 0 Å². The Bertz CT molecular complexity index is 868. The smallest absolute Gasteiger partial charge is 0.248 e. The van der Waals surface area contributed by atoms with Crippen molar-refractivity contribution in [2.75, 3.05) is 16.8 Å². The van der Waals surface area contributed by atoms with Gasteiger partial charge in [0.05, 0.1) is 11.4 Å². The van der Waals surface area contributed by atoms with Crippen LogP contribution in [0, 0.1) is 5.92 Å². The summed E-state index contributed by atoms with van der Waals surface area (Å²) >= 11 is 0. The first-order valence-electron chi connectivity index (χ1n) is 9.10. The minimum atomic E-state index is -0.248. The van der Waals surface area contributed by atoms with Crippen molar-refractivity contribution in [3.8, 4) is 0 Å². The highest BCUT2D eigenvalue weighted by molar-refractivity contribution is 6.06. The van der Waals surface area contributed by atoms with Crippen LogP contribution in [-0.4, -0.2) is 18.4 Å². The third kappa shape index (κ3) is 3.43. The van der Waals surface area contributed by atoms with Crippen LogP contribution in [0.5, 0.6) is 0 Å². The number of benzene rings is 1. The minimum absolute atomic E-state index is 0.0969. The summed E-state index contributed by atoms with van der Waals surface area (Å²) in [5, 5.41) is 2.87. The first-order valence-corrected chi connectivity index (χ1v) is 9.10. The van der Waals surface area contributed by atoms with E-state index in [1.54, 1.807) is 11.0 Å². The van der Waals surface area contributed by atoms with Gasteiger partial charge in [0.15, 0.2) is 0 Å². The SMILES string of the molecule is CC1CC1c1ccc(C=CC(=O)Nc2ccccc2N2CCCC2=O)o1. The Labute approximate surface area is 152 Å². The van der Waals surface area contributed by atoms with Gasteiger partial charge in [-0.1, -0.05) is 19.1 Å². The van der Waals surface area contributed by atoms with E-state index in [2.05, 4.69) is 12.2 Å². The summed E-state index contributed by atoms with van der Waals surface area (Å²) < 4.78 is 5.78. The van der Waals surface area contributed by atoms with Crippen LogP contribution in [0.25, 0.3) is 6.08 Å². The monoisotopic (exact) mass is 350 g/mol. The van der Waals surface area contributed by atoms with Gasteiger partial charge >= 0.3 is 0 Å². The minimum Gasteiger partial charge on any atom is -0.461 e. The van der Waals surface area contributed by atoms with Gasteiger partial charge in [-0.2, -0.15) is 0 Å². The zero-order chi connectivity index (χ0) is 18.1. The van der Waals surface area contributed by atoms with E-state index in [4.69, 9.17) is 4.42 Å². The Kier molecular flexibility index (Phi) is 4.37. The van der Waals surface area contributed by atoms with Crippen LogP contribution < -0.4 is 10.2 Å². The van der Waals surface area contributed by atoms with Crippen molar-refractivity contribution >= 4 is 29.3 Å². The largest absolute Gasteiger partial charge is 0.461 e. The van der Waals surface area contributed by atoms with Gasteiger partial charge < -0.3 is 14.6 Å². The molecule has 2 aliphatic rings. The normalized spacial score (nSPS) is 22.2. The molecular weight excluding hydrogens is 328 g/mol. The van der Waals surface area contributed by atoms with Gasteiger partial charge in [0.25, 0.3) is 0 Å². The predicted molar refractivity (Wildman–Crippen MR) is 101 cm³/mol. The van der Waals surface area contributed by atoms with E-state index in [1.165, 1.54) is 12.5 Å². The predicted octanol–water partition coefficient (Wildman–Crippen LogP) is 4.18. The number of anilines is 2. The van der Waals surface area contributed by atoms with Crippen LogP contribution in [0.3, 0.4) is 0 Å². The molecule has 134 valence electrons. The molecule has 2 amide bonds. The quantitative estimate of drug-likeness (QED) is 0.823. The molecule has 2 fully saturated rings. The second kappa shape index (κ2) is 6.83. The van der Waals surface area contributed by atoms with E-state index in [-0.39, 0.29) is 11.8 Å². The lowest BCUT2D eigenvalue weighted by molar-refractivity contribution is -0.117. The Hall–Kier alpha value is -2.82. The molecule has 4 rings (SSSR count). The maximum Gasteiger partial charge on any atom is 0.248 e. The number of nitrogens with zero attached hydrogens (tertiary/aromatic N) is 1. The van der Waals surface area contributed by atoms with Crippen LogP contribution in [0.1, 0.15) is 43.6 Å². The summed E-state index contributed by atoms with van der Waals surface area (Å²) in [7, 11) is 0. The van der Waals surface area contributed by atoms with Gasteiger partial charge in [-0.05, 0) is 49.1 Å². The number of rotatable bonds is 5. The Morgan fingerprint density at radius 1 is 1.27 bits per heavy atom. The topological polar surface area (TPSA) is 62.6 Å². The number of para-hydroxylation sites is 2. The molecule has 1 aromatic carbocycles. The Balaban J connectivity index is 1.43. The standard InChI is InChI=1S/C21H22N2O3/c1-14-13-16(14)19-10-8-15(26-19)9-11-20(24)22-17-5-2-3-6-18(17)23-12-4-7-21(23)25/h2-3,5-6,8-11,14,16H,4,7,12-13H2,1H3,(H,22,24). The number of furan rings is 1. The molecule has 5 nitrogen and oxygen atoms in total. The third-order valence-corrected chi connectivity index (χ3v) is 5.05. The fraction of sp³-hybridized carbons (Fsp3) is 0.333. The van der Waals surface area contributed by atoms with Gasteiger partial charge in [-0.15, -0.1) is 0 Å². The first-order chi connectivity index (χ1) is 12.6. The number of amides is 2. The molecule has 1 saturated carbocycles. The molecule has 1 N–H and O–H groups in total. The summed E-state index contributed by atoms with van der Waals surface area (Å²) in [6.07, 6.45) is 5.71. The molecule has 2 unspecified atom stereocenters. The highest BCUT2D eigenvalue weighted by atomic mass is 16.3. The van der Waals surface area contributed by atoms with Crippen LogP contribution in [0.4, 0.5) is 11.4 Å². The van der Waals surface area contributed by atoms with E-state index in [0.29, 0.717) is 36.2 Å². The Morgan fingerprint density at radius 2 is 2.08 bits per heavy atom. The summed E-state index contributed by atoms with van der Waals surface area (Å²) in [6.45, 7) is 2.90. The molecule has 2 atom stereocenters. The van der Waals surface area contributed by atoms with E-state index >= 15 is 0 Å². The lowest BCUT2D eigenvalue weighted by Gasteiger charge is -2.19. The van der Waals surface area contributed by atoms with Crippen LogP contribution in [0.2, 0.25) is 0 Å². The number of hydrogen-bond donors (Lipinski definition) is 1. The molecule has 0 spiro atoms. The van der Waals surface area contributed by atoms with Crippen LogP contribution in [-0.2, 0) is 9.59 Å². The fourth-order valence-electron chi connectivity index (χ4n) is 3.43.